The summed E-state index contributed by atoms with van der Waals surface area (Å²) in [5, 5.41) is 5.18. The van der Waals surface area contributed by atoms with Crippen molar-refractivity contribution in [3.63, 3.8) is 0 Å². The molecular formula is C20H24BrN5O2S. The van der Waals surface area contributed by atoms with E-state index in [2.05, 4.69) is 25.9 Å². The standard InChI is InChI=1S/C20H24BrN5O2S/c1-14(2)26-6-5-17(23-26)19(27)25(8-7-24-9-11-28-12-10-24)20-22-16-4-3-15(21)13-18(16)29-20/h3-6,13-14H,7-12H2,1-2H3. The van der Waals surface area contributed by atoms with Gasteiger partial charge in [0.05, 0.1) is 23.4 Å². The van der Waals surface area contributed by atoms with Gasteiger partial charge < -0.3 is 4.74 Å². The minimum atomic E-state index is -0.115. The Bertz CT molecular complexity index is 996. The number of carbonyl (C=O) groups is 1. The molecule has 1 fully saturated rings. The average molecular weight is 478 g/mol. The summed E-state index contributed by atoms with van der Waals surface area (Å²) < 4.78 is 9.29. The highest BCUT2D eigenvalue weighted by molar-refractivity contribution is 9.10. The fraction of sp³-hybridized carbons (Fsp3) is 0.450. The molecule has 0 radical (unpaired) electrons. The predicted octanol–water partition coefficient (Wildman–Crippen LogP) is 3.82. The number of ether oxygens (including phenoxy) is 1. The molecule has 29 heavy (non-hydrogen) atoms. The van der Waals surface area contributed by atoms with E-state index in [1.54, 1.807) is 11.0 Å². The first-order valence-corrected chi connectivity index (χ1v) is 11.4. The molecule has 0 saturated carbocycles. The zero-order valence-electron chi connectivity index (χ0n) is 16.5. The number of anilines is 1. The lowest BCUT2D eigenvalue weighted by Crippen LogP contribution is -2.43. The maximum Gasteiger partial charge on any atom is 0.280 e. The van der Waals surface area contributed by atoms with Crippen molar-refractivity contribution < 1.29 is 9.53 Å². The van der Waals surface area contributed by atoms with Crippen LogP contribution in [0, 0.1) is 0 Å². The Morgan fingerprint density at radius 2 is 2.10 bits per heavy atom. The molecule has 3 aromatic rings. The normalized spacial score (nSPS) is 15.3. The molecule has 154 valence electrons. The molecule has 0 N–H and O–H groups in total. The summed E-state index contributed by atoms with van der Waals surface area (Å²) in [6.07, 6.45) is 1.85. The van der Waals surface area contributed by atoms with E-state index in [1.165, 1.54) is 11.3 Å². The molecule has 0 unspecified atom stereocenters. The topological polar surface area (TPSA) is 63.5 Å². The molecule has 0 spiro atoms. The minimum Gasteiger partial charge on any atom is -0.379 e. The molecule has 1 saturated heterocycles. The van der Waals surface area contributed by atoms with E-state index in [1.807, 2.05) is 42.9 Å². The number of benzene rings is 1. The molecule has 0 bridgehead atoms. The smallest absolute Gasteiger partial charge is 0.280 e. The zero-order valence-corrected chi connectivity index (χ0v) is 18.9. The van der Waals surface area contributed by atoms with Gasteiger partial charge in [-0.3, -0.25) is 19.3 Å². The molecule has 2 aromatic heterocycles. The van der Waals surface area contributed by atoms with Gasteiger partial charge in [0.25, 0.3) is 5.91 Å². The van der Waals surface area contributed by atoms with E-state index in [0.717, 1.165) is 47.5 Å². The molecule has 7 nitrogen and oxygen atoms in total. The highest BCUT2D eigenvalue weighted by Crippen LogP contribution is 2.31. The molecule has 9 heteroatoms. The van der Waals surface area contributed by atoms with Crippen molar-refractivity contribution in [2.24, 2.45) is 0 Å². The largest absolute Gasteiger partial charge is 0.379 e. The number of carbonyl (C=O) groups excluding carboxylic acids is 1. The fourth-order valence-corrected chi connectivity index (χ4v) is 4.77. The van der Waals surface area contributed by atoms with E-state index >= 15 is 0 Å². The average Bonchev–Trinajstić information content (AvgIpc) is 3.36. The second-order valence-corrected chi connectivity index (χ2v) is 9.22. The van der Waals surface area contributed by atoms with Crippen LogP contribution in [0.3, 0.4) is 0 Å². The van der Waals surface area contributed by atoms with E-state index in [4.69, 9.17) is 9.72 Å². The lowest BCUT2D eigenvalue weighted by molar-refractivity contribution is 0.0391. The number of thiazole rings is 1. The van der Waals surface area contributed by atoms with E-state index in [-0.39, 0.29) is 11.9 Å². The monoisotopic (exact) mass is 477 g/mol. The first-order valence-electron chi connectivity index (χ1n) is 9.74. The third kappa shape index (κ3) is 4.69. The van der Waals surface area contributed by atoms with Crippen LogP contribution in [-0.4, -0.2) is 65.0 Å². The lowest BCUT2D eigenvalue weighted by atomic mass is 10.3. The van der Waals surface area contributed by atoms with Gasteiger partial charge in [0, 0.05) is 42.9 Å². The zero-order chi connectivity index (χ0) is 20.4. The SMILES string of the molecule is CC(C)n1ccc(C(=O)N(CCN2CCOCC2)c2nc3ccc(Br)cc3s2)n1. The van der Waals surface area contributed by atoms with E-state index in [0.29, 0.717) is 17.4 Å². The number of aromatic nitrogens is 3. The van der Waals surface area contributed by atoms with Crippen LogP contribution in [0.2, 0.25) is 0 Å². The first-order chi connectivity index (χ1) is 14.0. The van der Waals surface area contributed by atoms with E-state index in [9.17, 15) is 4.79 Å². The summed E-state index contributed by atoms with van der Waals surface area (Å²) in [5.74, 6) is -0.115. The molecule has 1 aliphatic heterocycles. The number of morpholine rings is 1. The third-order valence-corrected chi connectivity index (χ3v) is 6.45. The Labute approximate surface area is 182 Å². The highest BCUT2D eigenvalue weighted by atomic mass is 79.9. The van der Waals surface area contributed by atoms with Crippen molar-refractivity contribution >= 4 is 48.5 Å². The first kappa shape index (κ1) is 20.5. The van der Waals surface area contributed by atoms with Crippen molar-refractivity contribution in [3.05, 3.63) is 40.6 Å². The summed E-state index contributed by atoms with van der Waals surface area (Å²) in [5.41, 5.74) is 1.34. The number of hydrogen-bond acceptors (Lipinski definition) is 6. The Kier molecular flexibility index (Phi) is 6.29. The number of amides is 1. The van der Waals surface area contributed by atoms with Crippen LogP contribution in [0.1, 0.15) is 30.4 Å². The molecule has 4 rings (SSSR count). The quantitative estimate of drug-likeness (QED) is 0.539. The summed E-state index contributed by atoms with van der Waals surface area (Å²) in [6, 6.07) is 7.97. The number of nitrogens with zero attached hydrogens (tertiary/aromatic N) is 5. The molecule has 0 aliphatic carbocycles. The number of fused-ring (bicyclic) bond motifs is 1. The van der Waals surface area contributed by atoms with Gasteiger partial charge in [0.15, 0.2) is 10.8 Å². The van der Waals surface area contributed by atoms with Gasteiger partial charge >= 0.3 is 0 Å². The Hall–Kier alpha value is -1.81. The Balaban J connectivity index is 1.62. The van der Waals surface area contributed by atoms with Crippen LogP contribution in [0.4, 0.5) is 5.13 Å². The molecule has 3 heterocycles. The minimum absolute atomic E-state index is 0.115. The fourth-order valence-electron chi connectivity index (χ4n) is 3.23. The second-order valence-electron chi connectivity index (χ2n) is 7.29. The molecule has 1 aromatic carbocycles. The summed E-state index contributed by atoms with van der Waals surface area (Å²) in [7, 11) is 0. The van der Waals surface area contributed by atoms with Crippen LogP contribution in [0.15, 0.2) is 34.9 Å². The van der Waals surface area contributed by atoms with Gasteiger partial charge in [-0.25, -0.2) is 4.98 Å². The Morgan fingerprint density at radius 1 is 1.31 bits per heavy atom. The lowest BCUT2D eigenvalue weighted by Gasteiger charge is -2.29. The van der Waals surface area contributed by atoms with Gasteiger partial charge in [-0.05, 0) is 38.1 Å². The maximum atomic E-state index is 13.4. The molecule has 0 atom stereocenters. The van der Waals surface area contributed by atoms with Crippen molar-refractivity contribution in [2.45, 2.75) is 19.9 Å². The van der Waals surface area contributed by atoms with Gasteiger partial charge in [-0.2, -0.15) is 5.10 Å². The van der Waals surface area contributed by atoms with Crippen LogP contribution in [-0.2, 0) is 4.74 Å². The summed E-state index contributed by atoms with van der Waals surface area (Å²) in [4.78, 5) is 22.2. The second kappa shape index (κ2) is 8.91. The van der Waals surface area contributed by atoms with Crippen LogP contribution in [0.25, 0.3) is 10.2 Å². The van der Waals surface area contributed by atoms with Crippen LogP contribution < -0.4 is 4.90 Å². The molecule has 1 amide bonds. The molecular weight excluding hydrogens is 454 g/mol. The Morgan fingerprint density at radius 3 is 2.83 bits per heavy atom. The van der Waals surface area contributed by atoms with Gasteiger partial charge in [0.1, 0.15) is 0 Å². The van der Waals surface area contributed by atoms with Crippen LogP contribution in [0.5, 0.6) is 0 Å². The van der Waals surface area contributed by atoms with E-state index < -0.39 is 0 Å². The van der Waals surface area contributed by atoms with Gasteiger partial charge in [0.2, 0.25) is 0 Å². The highest BCUT2D eigenvalue weighted by Gasteiger charge is 2.24. The predicted molar refractivity (Wildman–Crippen MR) is 119 cm³/mol. The number of hydrogen-bond donors (Lipinski definition) is 0. The van der Waals surface area contributed by atoms with Crippen LogP contribution >= 0.6 is 27.3 Å². The van der Waals surface area contributed by atoms with Crippen molar-refractivity contribution in [1.82, 2.24) is 19.7 Å². The van der Waals surface area contributed by atoms with Crippen molar-refractivity contribution in [2.75, 3.05) is 44.3 Å². The number of rotatable bonds is 6. The third-order valence-electron chi connectivity index (χ3n) is 4.92. The number of halogens is 1. The summed E-state index contributed by atoms with van der Waals surface area (Å²) in [6.45, 7) is 8.68. The van der Waals surface area contributed by atoms with Crippen molar-refractivity contribution in [1.29, 1.82) is 0 Å². The molecule has 1 aliphatic rings. The van der Waals surface area contributed by atoms with Gasteiger partial charge in [-0.15, -0.1) is 0 Å². The maximum absolute atomic E-state index is 13.4. The summed E-state index contributed by atoms with van der Waals surface area (Å²) >= 11 is 5.04. The van der Waals surface area contributed by atoms with Crippen molar-refractivity contribution in [3.8, 4) is 0 Å². The van der Waals surface area contributed by atoms with Gasteiger partial charge in [-0.1, -0.05) is 27.3 Å².